The predicted molar refractivity (Wildman–Crippen MR) is 58.1 cm³/mol. The van der Waals surface area contributed by atoms with E-state index in [1.165, 1.54) is 17.7 Å². The van der Waals surface area contributed by atoms with Crippen LogP contribution in [0.2, 0.25) is 0 Å². The maximum absolute atomic E-state index is 10.5. The number of hydroxylamine groups is 1. The smallest absolute Gasteiger partial charge is 0.245 e. The summed E-state index contributed by atoms with van der Waals surface area (Å²) in [6.07, 6.45) is 2.44. The molecule has 1 atom stereocenters. The number of hydrogen-bond acceptors (Lipinski definition) is 4. The first-order valence-corrected chi connectivity index (χ1v) is 5.84. The lowest BCUT2D eigenvalue weighted by atomic mass is 10.1. The van der Waals surface area contributed by atoms with Crippen molar-refractivity contribution in [3.63, 3.8) is 0 Å². The van der Waals surface area contributed by atoms with Gasteiger partial charge in [0.05, 0.1) is 6.04 Å². The highest BCUT2D eigenvalue weighted by atomic mass is 32.1. The third kappa shape index (κ3) is 3.02. The Balaban J connectivity index is 1.87. The molecular weight excluding hydrogens is 212 g/mol. The second-order valence-electron chi connectivity index (χ2n) is 3.70. The summed E-state index contributed by atoms with van der Waals surface area (Å²) in [7, 11) is 0. The Kier molecular flexibility index (Phi) is 3.35. The number of thiophene rings is 1. The van der Waals surface area contributed by atoms with Crippen LogP contribution in [0.5, 0.6) is 0 Å². The van der Waals surface area contributed by atoms with Gasteiger partial charge in [-0.25, -0.2) is 0 Å². The van der Waals surface area contributed by atoms with Crippen molar-refractivity contribution >= 4 is 17.2 Å². The van der Waals surface area contributed by atoms with Crippen molar-refractivity contribution in [2.24, 2.45) is 11.7 Å². The maximum Gasteiger partial charge on any atom is 0.245 e. The Morgan fingerprint density at radius 3 is 3.07 bits per heavy atom. The van der Waals surface area contributed by atoms with Crippen LogP contribution in [0.15, 0.2) is 17.5 Å². The van der Waals surface area contributed by atoms with Gasteiger partial charge in [0.1, 0.15) is 6.61 Å². The van der Waals surface area contributed by atoms with Crippen molar-refractivity contribution in [2.75, 3.05) is 6.61 Å². The number of hydrogen-bond donors (Lipinski definition) is 2. The van der Waals surface area contributed by atoms with E-state index in [0.717, 1.165) is 0 Å². The molecule has 1 fully saturated rings. The highest BCUT2D eigenvalue weighted by Crippen LogP contribution is 2.42. The molecule has 0 saturated heterocycles. The summed E-state index contributed by atoms with van der Waals surface area (Å²) in [5.41, 5.74) is 7.91. The predicted octanol–water partition coefficient (Wildman–Crippen LogP) is 1.21. The molecule has 0 aromatic carbocycles. The summed E-state index contributed by atoms with van der Waals surface area (Å²) >= 11 is 1.70. The van der Waals surface area contributed by atoms with Gasteiger partial charge in [-0.05, 0) is 30.2 Å². The van der Waals surface area contributed by atoms with Gasteiger partial charge in [0.2, 0.25) is 5.91 Å². The molecule has 0 radical (unpaired) electrons. The van der Waals surface area contributed by atoms with Gasteiger partial charge in [0, 0.05) is 4.88 Å². The van der Waals surface area contributed by atoms with Crippen LogP contribution < -0.4 is 11.2 Å². The van der Waals surface area contributed by atoms with Crippen LogP contribution in [0.25, 0.3) is 0 Å². The molecule has 1 heterocycles. The van der Waals surface area contributed by atoms with Crippen LogP contribution in [0, 0.1) is 5.92 Å². The van der Waals surface area contributed by atoms with Gasteiger partial charge in [-0.3, -0.25) is 9.63 Å². The Morgan fingerprint density at radius 2 is 2.53 bits per heavy atom. The zero-order valence-electron chi connectivity index (χ0n) is 8.31. The molecule has 1 aliphatic carbocycles. The fourth-order valence-corrected chi connectivity index (χ4v) is 2.35. The monoisotopic (exact) mass is 226 g/mol. The summed E-state index contributed by atoms with van der Waals surface area (Å²) in [6.45, 7) is -0.0748. The number of rotatable bonds is 6. The summed E-state index contributed by atoms with van der Waals surface area (Å²) in [5, 5.41) is 2.04. The summed E-state index contributed by atoms with van der Waals surface area (Å²) in [6, 6.07) is 4.31. The number of nitrogens with one attached hydrogen (secondary N) is 1. The third-order valence-corrected chi connectivity index (χ3v) is 3.32. The first-order chi connectivity index (χ1) is 7.27. The van der Waals surface area contributed by atoms with E-state index < -0.39 is 5.91 Å². The number of carbonyl (C=O) groups is 1. The molecule has 1 unspecified atom stereocenters. The summed E-state index contributed by atoms with van der Waals surface area (Å²) in [4.78, 5) is 16.8. The van der Waals surface area contributed by atoms with E-state index in [4.69, 9.17) is 10.6 Å². The van der Waals surface area contributed by atoms with E-state index in [9.17, 15) is 4.79 Å². The highest BCUT2D eigenvalue weighted by Gasteiger charge is 2.33. The van der Waals surface area contributed by atoms with Gasteiger partial charge >= 0.3 is 0 Å². The normalized spacial score (nSPS) is 17.6. The second-order valence-corrected chi connectivity index (χ2v) is 4.68. The Labute approximate surface area is 92.4 Å². The maximum atomic E-state index is 10.5. The van der Waals surface area contributed by atoms with Gasteiger partial charge < -0.3 is 5.73 Å². The molecule has 4 nitrogen and oxygen atoms in total. The van der Waals surface area contributed by atoms with Crippen molar-refractivity contribution < 1.29 is 9.63 Å². The van der Waals surface area contributed by atoms with Crippen molar-refractivity contribution in [3.05, 3.63) is 22.4 Å². The Hall–Kier alpha value is -0.910. The minimum absolute atomic E-state index is 0.0748. The molecule has 15 heavy (non-hydrogen) atoms. The highest BCUT2D eigenvalue weighted by molar-refractivity contribution is 7.10. The first-order valence-electron chi connectivity index (χ1n) is 4.96. The van der Waals surface area contributed by atoms with Gasteiger partial charge in [-0.2, -0.15) is 5.48 Å². The average molecular weight is 226 g/mol. The molecule has 1 aliphatic rings. The number of nitrogens with two attached hydrogens (primary N) is 1. The standard InChI is InChI=1S/C10H14N2O2S/c11-9(13)6-14-12-10(7-3-4-7)8-2-1-5-15-8/h1-2,5,7,10,12H,3-4,6H2,(H2,11,13). The molecule has 5 heteroatoms. The SMILES string of the molecule is NC(=O)CONC(c1cccs1)C1CC1. The fraction of sp³-hybridized carbons (Fsp3) is 0.500. The van der Waals surface area contributed by atoms with Crippen LogP contribution >= 0.6 is 11.3 Å². The van der Waals surface area contributed by atoms with Crippen molar-refractivity contribution in [2.45, 2.75) is 18.9 Å². The lowest BCUT2D eigenvalue weighted by molar-refractivity contribution is -0.126. The van der Waals surface area contributed by atoms with Crippen molar-refractivity contribution in [1.29, 1.82) is 0 Å². The molecule has 1 saturated carbocycles. The zero-order chi connectivity index (χ0) is 10.7. The molecule has 0 bridgehead atoms. The van der Waals surface area contributed by atoms with E-state index in [0.29, 0.717) is 5.92 Å². The number of amides is 1. The van der Waals surface area contributed by atoms with Crippen LogP contribution in [-0.2, 0) is 9.63 Å². The van der Waals surface area contributed by atoms with Gasteiger partial charge in [-0.15, -0.1) is 11.3 Å². The number of carbonyl (C=O) groups excluding carboxylic acids is 1. The Morgan fingerprint density at radius 1 is 1.73 bits per heavy atom. The van der Waals surface area contributed by atoms with Crippen molar-refractivity contribution in [1.82, 2.24) is 5.48 Å². The summed E-state index contributed by atoms with van der Waals surface area (Å²) < 4.78 is 0. The summed E-state index contributed by atoms with van der Waals surface area (Å²) in [5.74, 6) is 0.180. The van der Waals surface area contributed by atoms with Gasteiger partial charge in [0.25, 0.3) is 0 Å². The first kappa shape index (κ1) is 10.6. The van der Waals surface area contributed by atoms with Crippen molar-refractivity contribution in [3.8, 4) is 0 Å². The van der Waals surface area contributed by atoms with E-state index in [1.807, 2.05) is 11.4 Å². The van der Waals surface area contributed by atoms with Crippen LogP contribution in [-0.4, -0.2) is 12.5 Å². The molecule has 0 spiro atoms. The van der Waals surface area contributed by atoms with Gasteiger partial charge in [-0.1, -0.05) is 6.07 Å². The van der Waals surface area contributed by atoms with Crippen LogP contribution in [0.1, 0.15) is 23.8 Å². The molecule has 1 amide bonds. The molecule has 1 aromatic heterocycles. The van der Waals surface area contributed by atoms with E-state index in [-0.39, 0.29) is 12.6 Å². The average Bonchev–Trinajstić information content (AvgIpc) is 2.88. The number of primary amides is 1. The molecule has 82 valence electrons. The molecule has 0 aliphatic heterocycles. The minimum Gasteiger partial charge on any atom is -0.368 e. The molecule has 2 rings (SSSR count). The zero-order valence-corrected chi connectivity index (χ0v) is 9.13. The quantitative estimate of drug-likeness (QED) is 0.716. The topological polar surface area (TPSA) is 64.4 Å². The molecule has 3 N–H and O–H groups in total. The lowest BCUT2D eigenvalue weighted by Crippen LogP contribution is -2.28. The van der Waals surface area contributed by atoms with E-state index in [1.54, 1.807) is 11.3 Å². The molecular formula is C10H14N2O2S. The third-order valence-electron chi connectivity index (χ3n) is 2.37. The Bertz CT molecular complexity index is 322. The second kappa shape index (κ2) is 4.74. The van der Waals surface area contributed by atoms with E-state index in [2.05, 4.69) is 11.5 Å². The fourth-order valence-electron chi connectivity index (χ4n) is 1.49. The minimum atomic E-state index is -0.455. The van der Waals surface area contributed by atoms with Crippen LogP contribution in [0.4, 0.5) is 0 Å². The van der Waals surface area contributed by atoms with Gasteiger partial charge in [0.15, 0.2) is 0 Å². The molecule has 1 aromatic rings. The lowest BCUT2D eigenvalue weighted by Gasteiger charge is -2.15. The van der Waals surface area contributed by atoms with Crippen LogP contribution in [0.3, 0.4) is 0 Å². The largest absolute Gasteiger partial charge is 0.368 e. The van der Waals surface area contributed by atoms with E-state index >= 15 is 0 Å².